The molecule has 3 N–H and O–H groups in total. The molecule has 0 bridgehead atoms. The van der Waals surface area contributed by atoms with Gasteiger partial charge in [0.1, 0.15) is 11.6 Å². The van der Waals surface area contributed by atoms with Crippen LogP contribution in [0.4, 0.5) is 11.8 Å². The second-order valence-corrected chi connectivity index (χ2v) is 13.3. The van der Waals surface area contributed by atoms with Crippen molar-refractivity contribution in [3.05, 3.63) is 54.1 Å². The van der Waals surface area contributed by atoms with Gasteiger partial charge in [0, 0.05) is 56.6 Å². The second kappa shape index (κ2) is 13.5. The minimum Gasteiger partial charge on any atom is -0.497 e. The molecule has 1 amide bonds. The van der Waals surface area contributed by atoms with Gasteiger partial charge in [0.2, 0.25) is 11.9 Å². The van der Waals surface area contributed by atoms with Crippen molar-refractivity contribution < 1.29 is 9.53 Å². The summed E-state index contributed by atoms with van der Waals surface area (Å²) >= 11 is 0. The van der Waals surface area contributed by atoms with Crippen molar-refractivity contribution in [1.29, 1.82) is 0 Å². The number of aromatic nitrogens is 2. The highest BCUT2D eigenvalue weighted by molar-refractivity contribution is 5.91. The lowest BCUT2D eigenvalue weighted by Crippen LogP contribution is -2.38. The fraction of sp³-hybridized carbons (Fsp3) is 0.545. The summed E-state index contributed by atoms with van der Waals surface area (Å²) in [6.07, 6.45) is 3.60. The third kappa shape index (κ3) is 9.59. The molecule has 0 aliphatic carbocycles. The van der Waals surface area contributed by atoms with Gasteiger partial charge in [-0.25, -0.2) is 4.98 Å². The van der Waals surface area contributed by atoms with Crippen LogP contribution in [-0.2, 0) is 11.3 Å². The zero-order valence-electron chi connectivity index (χ0n) is 25.7. The maximum atomic E-state index is 12.6. The fourth-order valence-corrected chi connectivity index (χ4v) is 6.07. The zero-order valence-corrected chi connectivity index (χ0v) is 25.7. The molecule has 0 saturated carbocycles. The molecular weight excluding hydrogens is 512 g/mol. The van der Waals surface area contributed by atoms with Crippen molar-refractivity contribution in [3.63, 3.8) is 0 Å². The lowest BCUT2D eigenvalue weighted by Gasteiger charge is -2.32. The van der Waals surface area contributed by atoms with Crippen molar-refractivity contribution in [3.8, 4) is 5.75 Å². The highest BCUT2D eigenvalue weighted by Crippen LogP contribution is 2.35. The number of carbonyl (C=O) groups excluding carboxylic acids is 1. The van der Waals surface area contributed by atoms with Crippen molar-refractivity contribution >= 4 is 28.6 Å². The van der Waals surface area contributed by atoms with Crippen LogP contribution in [-0.4, -0.2) is 60.1 Å². The van der Waals surface area contributed by atoms with Crippen LogP contribution in [0.25, 0.3) is 10.9 Å². The smallest absolute Gasteiger partial charge is 0.225 e. The molecule has 0 radical (unpaired) electrons. The van der Waals surface area contributed by atoms with E-state index in [-0.39, 0.29) is 16.7 Å². The van der Waals surface area contributed by atoms with Gasteiger partial charge < -0.3 is 20.7 Å². The maximum absolute atomic E-state index is 12.6. The van der Waals surface area contributed by atoms with Gasteiger partial charge >= 0.3 is 0 Å². The molecule has 1 aliphatic heterocycles. The van der Waals surface area contributed by atoms with E-state index in [0.29, 0.717) is 31.5 Å². The average molecular weight is 561 g/mol. The van der Waals surface area contributed by atoms with Gasteiger partial charge in [-0.15, -0.1) is 0 Å². The van der Waals surface area contributed by atoms with Crippen LogP contribution in [0.5, 0.6) is 5.75 Å². The number of ether oxygens (including phenoxy) is 1. The number of nitrogens with zero attached hydrogens (tertiary/aromatic N) is 3. The molecule has 1 fully saturated rings. The summed E-state index contributed by atoms with van der Waals surface area (Å²) in [4.78, 5) is 24.7. The molecule has 8 nitrogen and oxygen atoms in total. The molecule has 0 unspecified atom stereocenters. The molecule has 1 aliphatic rings. The number of carbonyl (C=O) groups is 1. The molecule has 3 aromatic rings. The predicted octanol–water partition coefficient (Wildman–Crippen LogP) is 6.10. The fourth-order valence-electron chi connectivity index (χ4n) is 6.07. The molecule has 1 aromatic heterocycles. The maximum Gasteiger partial charge on any atom is 0.225 e. The van der Waals surface area contributed by atoms with Gasteiger partial charge in [-0.1, -0.05) is 65.0 Å². The summed E-state index contributed by atoms with van der Waals surface area (Å²) in [6, 6.07) is 16.9. The number of fused-ring (bicyclic) bond motifs is 1. The van der Waals surface area contributed by atoms with Gasteiger partial charge in [0.05, 0.1) is 12.6 Å². The highest BCUT2D eigenvalue weighted by Gasteiger charge is 2.28. The summed E-state index contributed by atoms with van der Waals surface area (Å²) < 4.78 is 5.45. The Bertz CT molecular complexity index is 1280. The number of piperidine rings is 1. The predicted molar refractivity (Wildman–Crippen MR) is 168 cm³/mol. The van der Waals surface area contributed by atoms with Crippen LogP contribution in [0.2, 0.25) is 0 Å². The Morgan fingerprint density at radius 3 is 2.41 bits per heavy atom. The standard InChI is InChI=1S/C33H48N6O2/c1-32(2,3)23-33(4,5)21-29(40)34-16-17-35-31-37-28-20-26(41-6)12-13-27(28)30(38-31)36-25-14-18-39(19-15-25)22-24-10-8-7-9-11-24/h7-13,20,25H,14-19,21-23H2,1-6H3,(H,34,40)(H2,35,36,37,38). The van der Waals surface area contributed by atoms with Crippen LogP contribution in [0.3, 0.4) is 0 Å². The Balaban J connectivity index is 1.35. The average Bonchev–Trinajstić information content (AvgIpc) is 2.91. The Labute approximate surface area is 245 Å². The first kappa shape index (κ1) is 30.6. The lowest BCUT2D eigenvalue weighted by molar-refractivity contribution is -0.123. The SMILES string of the molecule is COc1ccc2c(NC3CCN(Cc4ccccc4)CC3)nc(NCCNC(=O)CC(C)(C)CC(C)(C)C)nc2c1. The quantitative estimate of drug-likeness (QED) is 0.231. The van der Waals surface area contributed by atoms with Crippen LogP contribution in [0, 0.1) is 10.8 Å². The second-order valence-electron chi connectivity index (χ2n) is 13.3. The number of hydrogen-bond acceptors (Lipinski definition) is 7. The Morgan fingerprint density at radius 2 is 1.73 bits per heavy atom. The van der Waals surface area contributed by atoms with Gasteiger partial charge in [-0.2, -0.15) is 4.98 Å². The highest BCUT2D eigenvalue weighted by atomic mass is 16.5. The lowest BCUT2D eigenvalue weighted by atomic mass is 9.74. The van der Waals surface area contributed by atoms with Crippen molar-refractivity contribution in [2.75, 3.05) is 43.9 Å². The van der Waals surface area contributed by atoms with E-state index < -0.39 is 0 Å². The van der Waals surface area contributed by atoms with E-state index in [1.165, 1.54) is 5.56 Å². The molecule has 2 heterocycles. The monoisotopic (exact) mass is 560 g/mol. The van der Waals surface area contributed by atoms with E-state index in [1.807, 2.05) is 18.2 Å². The number of amides is 1. The molecule has 222 valence electrons. The molecule has 4 rings (SSSR count). The first-order valence-corrected chi connectivity index (χ1v) is 14.9. The molecule has 2 aromatic carbocycles. The van der Waals surface area contributed by atoms with E-state index in [0.717, 1.165) is 61.4 Å². The minimum absolute atomic E-state index is 0.0471. The number of hydrogen-bond donors (Lipinski definition) is 3. The Morgan fingerprint density at radius 1 is 1.00 bits per heavy atom. The molecule has 8 heteroatoms. The van der Waals surface area contributed by atoms with E-state index in [2.05, 4.69) is 85.8 Å². The third-order valence-electron chi connectivity index (χ3n) is 7.46. The minimum atomic E-state index is -0.0471. The summed E-state index contributed by atoms with van der Waals surface area (Å²) in [5, 5.41) is 11.1. The summed E-state index contributed by atoms with van der Waals surface area (Å²) in [7, 11) is 1.66. The largest absolute Gasteiger partial charge is 0.497 e. The normalized spacial score (nSPS) is 15.1. The number of anilines is 2. The van der Waals surface area contributed by atoms with Crippen molar-refractivity contribution in [2.45, 2.75) is 72.9 Å². The topological polar surface area (TPSA) is 91.4 Å². The number of likely N-dealkylation sites (tertiary alicyclic amines) is 1. The van der Waals surface area contributed by atoms with Gasteiger partial charge in [0.15, 0.2) is 0 Å². The van der Waals surface area contributed by atoms with Crippen molar-refractivity contribution in [2.24, 2.45) is 10.8 Å². The van der Waals surface area contributed by atoms with Gasteiger partial charge in [0.25, 0.3) is 0 Å². The summed E-state index contributed by atoms with van der Waals surface area (Å²) in [6.45, 7) is 15.1. The summed E-state index contributed by atoms with van der Waals surface area (Å²) in [5.41, 5.74) is 2.31. The van der Waals surface area contributed by atoms with Crippen molar-refractivity contribution in [1.82, 2.24) is 20.2 Å². The summed E-state index contributed by atoms with van der Waals surface area (Å²) in [5.74, 6) is 2.20. The van der Waals surface area contributed by atoms with Crippen LogP contribution in [0.1, 0.15) is 65.9 Å². The van der Waals surface area contributed by atoms with Crippen LogP contribution in [0.15, 0.2) is 48.5 Å². The van der Waals surface area contributed by atoms with E-state index in [1.54, 1.807) is 7.11 Å². The van der Waals surface area contributed by atoms with Crippen LogP contribution < -0.4 is 20.7 Å². The van der Waals surface area contributed by atoms with Gasteiger partial charge in [-0.05, 0) is 47.8 Å². The number of nitrogens with one attached hydrogen (secondary N) is 3. The molecular formula is C33H48N6O2. The third-order valence-corrected chi connectivity index (χ3v) is 7.46. The molecule has 1 saturated heterocycles. The Hall–Kier alpha value is -3.39. The number of rotatable bonds is 12. The molecule has 0 atom stereocenters. The number of methoxy groups -OCH3 is 1. The van der Waals surface area contributed by atoms with E-state index in [4.69, 9.17) is 14.7 Å². The number of benzene rings is 2. The first-order valence-electron chi connectivity index (χ1n) is 14.9. The van der Waals surface area contributed by atoms with E-state index >= 15 is 0 Å². The Kier molecular flexibility index (Phi) is 10.1. The zero-order chi connectivity index (χ0) is 29.5. The molecule has 41 heavy (non-hydrogen) atoms. The van der Waals surface area contributed by atoms with Gasteiger partial charge in [-0.3, -0.25) is 9.69 Å². The first-order chi connectivity index (χ1) is 19.5. The van der Waals surface area contributed by atoms with E-state index in [9.17, 15) is 4.79 Å². The molecule has 0 spiro atoms. The van der Waals surface area contributed by atoms with Crippen LogP contribution >= 0.6 is 0 Å².